The molecule has 0 bridgehead atoms. The fraction of sp³-hybridized carbons (Fsp3) is 0.727. The Morgan fingerprint density at radius 3 is 2.31 bits per heavy atom. The maximum Gasteiger partial charge on any atom is 0.171 e. The average Bonchev–Trinajstić information content (AvgIpc) is 2.93. The highest BCUT2D eigenvalue weighted by atomic mass is 32.1. The van der Waals surface area contributed by atoms with Gasteiger partial charge < -0.3 is 25.4 Å². The van der Waals surface area contributed by atoms with E-state index in [2.05, 4.69) is 45.0 Å². The van der Waals surface area contributed by atoms with Crippen LogP contribution in [-0.4, -0.2) is 45.3 Å². The van der Waals surface area contributed by atoms with E-state index < -0.39 is 17.0 Å². The van der Waals surface area contributed by atoms with Gasteiger partial charge in [-0.1, -0.05) is 62.8 Å². The highest BCUT2D eigenvalue weighted by molar-refractivity contribution is 7.80. The van der Waals surface area contributed by atoms with Gasteiger partial charge in [-0.2, -0.15) is 0 Å². The summed E-state index contributed by atoms with van der Waals surface area (Å²) in [6.07, 6.45) is 7.59. The Labute approximate surface area is 240 Å². The fourth-order valence-electron chi connectivity index (χ4n) is 7.92. The van der Waals surface area contributed by atoms with Crippen molar-refractivity contribution in [2.75, 3.05) is 13.2 Å². The topological polar surface area (TPSA) is 84.9 Å². The zero-order chi connectivity index (χ0) is 28.1. The highest BCUT2D eigenvalue weighted by Gasteiger charge is 2.55. The summed E-state index contributed by atoms with van der Waals surface area (Å²) in [5.41, 5.74) is 9.24. The van der Waals surface area contributed by atoms with Crippen LogP contribution in [0, 0.1) is 17.3 Å². The quantitative estimate of drug-likeness (QED) is 0.297. The average molecular weight is 556 g/mol. The van der Waals surface area contributed by atoms with Crippen molar-refractivity contribution in [2.24, 2.45) is 23.0 Å². The van der Waals surface area contributed by atoms with Crippen LogP contribution >= 0.6 is 12.2 Å². The largest absolute Gasteiger partial charge is 0.390 e. The molecule has 1 aromatic rings. The Morgan fingerprint density at radius 2 is 1.67 bits per heavy atom. The Kier molecular flexibility index (Phi) is 8.22. The normalized spacial score (nSPS) is 36.3. The van der Waals surface area contributed by atoms with Crippen molar-refractivity contribution < 1.29 is 19.7 Å². The standard InChI is InChI=1S/C33H49NO4S/c1-22-9-13-31(35,17-23(2)39)14-10-27(25-7-5-24(18-34)6-8-25)29-26(22)11-15-32(36)19-33(16-12-28(29)32)37-20-30(3,4)21-38-33/h5-8,22,26-27,35-36H,9-21,34H2,1-4H3. The van der Waals surface area contributed by atoms with Gasteiger partial charge in [-0.3, -0.25) is 0 Å². The second-order valence-electron chi connectivity index (χ2n) is 14.1. The smallest absolute Gasteiger partial charge is 0.171 e. The molecule has 4 aliphatic rings. The van der Waals surface area contributed by atoms with E-state index in [9.17, 15) is 10.2 Å². The van der Waals surface area contributed by atoms with Gasteiger partial charge in [0.25, 0.3) is 0 Å². The molecule has 1 spiro atoms. The van der Waals surface area contributed by atoms with Crippen LogP contribution in [0.1, 0.15) is 109 Å². The van der Waals surface area contributed by atoms with E-state index in [0.717, 1.165) is 55.4 Å². The molecule has 4 N–H and O–H groups in total. The van der Waals surface area contributed by atoms with Gasteiger partial charge in [0, 0.05) is 37.1 Å². The van der Waals surface area contributed by atoms with Crippen molar-refractivity contribution in [1.29, 1.82) is 0 Å². The first-order valence-corrected chi connectivity index (χ1v) is 15.5. The monoisotopic (exact) mass is 555 g/mol. The third-order valence-electron chi connectivity index (χ3n) is 10.2. The summed E-state index contributed by atoms with van der Waals surface area (Å²) >= 11 is 5.47. The maximum atomic E-state index is 12.4. The molecule has 0 radical (unpaired) electrons. The van der Waals surface area contributed by atoms with Gasteiger partial charge in [-0.05, 0) is 85.3 Å². The molecule has 5 unspecified atom stereocenters. The first-order valence-electron chi connectivity index (χ1n) is 15.1. The maximum absolute atomic E-state index is 12.4. The first kappa shape index (κ1) is 29.3. The molecule has 5 nitrogen and oxygen atoms in total. The van der Waals surface area contributed by atoms with Crippen molar-refractivity contribution in [3.63, 3.8) is 0 Å². The Balaban J connectivity index is 1.56. The molecule has 5 rings (SSSR count). The molecular formula is C33H49NO4S. The molecule has 3 fully saturated rings. The molecule has 6 heteroatoms. The molecule has 0 amide bonds. The number of ether oxygens (including phenoxy) is 2. The van der Waals surface area contributed by atoms with Gasteiger partial charge in [0.1, 0.15) is 0 Å². The van der Waals surface area contributed by atoms with E-state index in [1.165, 1.54) is 16.7 Å². The van der Waals surface area contributed by atoms with Gasteiger partial charge in [0.05, 0.1) is 24.4 Å². The number of fused-ring (bicyclic) bond motifs is 2. The lowest BCUT2D eigenvalue weighted by Crippen LogP contribution is -2.56. The van der Waals surface area contributed by atoms with E-state index in [4.69, 9.17) is 27.4 Å². The van der Waals surface area contributed by atoms with E-state index in [1.54, 1.807) is 0 Å². The Bertz CT molecular complexity index is 1090. The number of aliphatic hydroxyl groups is 2. The van der Waals surface area contributed by atoms with Crippen molar-refractivity contribution in [3.05, 3.63) is 46.5 Å². The second kappa shape index (κ2) is 10.9. The molecule has 0 aromatic heterocycles. The summed E-state index contributed by atoms with van der Waals surface area (Å²) in [5, 5.41) is 24.1. The number of thiocarbonyl (C=S) groups is 1. The van der Waals surface area contributed by atoms with Crippen LogP contribution in [0.4, 0.5) is 0 Å². The SMILES string of the molecule is CC(=S)CC1(O)CCC(c2ccc(CN)cc2)C2=C3CCC4(CC3(O)CCC2C(C)CC1)OCC(C)(C)CO4. The molecule has 1 heterocycles. The number of nitrogens with two attached hydrogens (primary N) is 1. The van der Waals surface area contributed by atoms with Gasteiger partial charge in [-0.15, -0.1) is 0 Å². The van der Waals surface area contributed by atoms with Crippen LogP contribution in [0.25, 0.3) is 0 Å². The lowest BCUT2D eigenvalue weighted by atomic mass is 9.60. The summed E-state index contributed by atoms with van der Waals surface area (Å²) in [4.78, 5) is 0.871. The lowest BCUT2D eigenvalue weighted by molar-refractivity contribution is -0.322. The van der Waals surface area contributed by atoms with E-state index in [1.807, 2.05) is 6.92 Å². The summed E-state index contributed by atoms with van der Waals surface area (Å²) in [6.45, 7) is 10.5. The number of hydrogen-bond acceptors (Lipinski definition) is 6. The zero-order valence-corrected chi connectivity index (χ0v) is 25.2. The van der Waals surface area contributed by atoms with Gasteiger partial charge in [0.15, 0.2) is 5.79 Å². The van der Waals surface area contributed by atoms with Crippen LogP contribution in [0.15, 0.2) is 35.4 Å². The minimum Gasteiger partial charge on any atom is -0.390 e. The van der Waals surface area contributed by atoms with E-state index in [0.29, 0.717) is 50.9 Å². The number of benzene rings is 1. The summed E-state index contributed by atoms with van der Waals surface area (Å²) in [7, 11) is 0. The third-order valence-corrected chi connectivity index (χ3v) is 10.3. The number of allylic oxidation sites excluding steroid dienone is 1. The van der Waals surface area contributed by atoms with Gasteiger partial charge in [0.2, 0.25) is 0 Å². The molecule has 216 valence electrons. The molecular weight excluding hydrogens is 506 g/mol. The zero-order valence-electron chi connectivity index (χ0n) is 24.4. The molecule has 1 saturated heterocycles. The van der Waals surface area contributed by atoms with Crippen molar-refractivity contribution >= 4 is 17.1 Å². The van der Waals surface area contributed by atoms with E-state index >= 15 is 0 Å². The Hall–Kier alpha value is -1.15. The minimum absolute atomic E-state index is 0.00409. The minimum atomic E-state index is -0.921. The molecule has 2 saturated carbocycles. The molecule has 3 aliphatic carbocycles. The van der Waals surface area contributed by atoms with E-state index in [-0.39, 0.29) is 11.3 Å². The van der Waals surface area contributed by atoms with Crippen LogP contribution in [0.3, 0.4) is 0 Å². The predicted molar refractivity (Wildman–Crippen MR) is 160 cm³/mol. The number of hydrogen-bond donors (Lipinski definition) is 3. The van der Waals surface area contributed by atoms with Crippen molar-refractivity contribution in [1.82, 2.24) is 0 Å². The Morgan fingerprint density at radius 1 is 1.00 bits per heavy atom. The van der Waals surface area contributed by atoms with Crippen LogP contribution in [-0.2, 0) is 16.0 Å². The van der Waals surface area contributed by atoms with Crippen molar-refractivity contribution in [3.8, 4) is 0 Å². The fourth-order valence-corrected chi connectivity index (χ4v) is 8.19. The third kappa shape index (κ3) is 6.07. The molecule has 1 aromatic carbocycles. The highest BCUT2D eigenvalue weighted by Crippen LogP contribution is 2.57. The second-order valence-corrected chi connectivity index (χ2v) is 14.8. The summed E-state index contributed by atoms with van der Waals surface area (Å²) in [6, 6.07) is 8.71. The number of rotatable bonds is 4. The van der Waals surface area contributed by atoms with Gasteiger partial charge >= 0.3 is 0 Å². The van der Waals surface area contributed by atoms with Crippen LogP contribution < -0.4 is 5.73 Å². The van der Waals surface area contributed by atoms with Crippen molar-refractivity contribution in [2.45, 2.75) is 121 Å². The van der Waals surface area contributed by atoms with Crippen LogP contribution in [0.2, 0.25) is 0 Å². The summed E-state index contributed by atoms with van der Waals surface area (Å²) in [5.74, 6) is 0.247. The molecule has 5 atom stereocenters. The summed E-state index contributed by atoms with van der Waals surface area (Å²) < 4.78 is 12.8. The first-order chi connectivity index (χ1) is 18.4. The van der Waals surface area contributed by atoms with Gasteiger partial charge in [-0.25, -0.2) is 0 Å². The van der Waals surface area contributed by atoms with Crippen LogP contribution in [0.5, 0.6) is 0 Å². The predicted octanol–water partition coefficient (Wildman–Crippen LogP) is 6.34. The lowest BCUT2D eigenvalue weighted by Gasteiger charge is -2.54. The molecule has 39 heavy (non-hydrogen) atoms. The molecule has 1 aliphatic heterocycles.